The number of hydrogen-bond donors (Lipinski definition) is 5. The van der Waals surface area contributed by atoms with Crippen molar-refractivity contribution in [3.05, 3.63) is 22.0 Å². The Bertz CT molecular complexity index is 1030. The van der Waals surface area contributed by atoms with Crippen molar-refractivity contribution in [2.24, 2.45) is 11.1 Å². The summed E-state index contributed by atoms with van der Waals surface area (Å²) in [6.45, 7) is 4.83. The largest absolute Gasteiger partial charge is 0.462 e. The van der Waals surface area contributed by atoms with E-state index in [0.29, 0.717) is 0 Å². The number of ether oxygens (including phenoxy) is 2. The Morgan fingerprint density at radius 2 is 2.07 bits per heavy atom. The van der Waals surface area contributed by atoms with E-state index in [4.69, 9.17) is 20.6 Å². The van der Waals surface area contributed by atoms with Gasteiger partial charge in [-0.25, -0.2) is 4.98 Å². The van der Waals surface area contributed by atoms with Gasteiger partial charge in [-0.2, -0.15) is 0 Å². The van der Waals surface area contributed by atoms with Crippen molar-refractivity contribution in [3.63, 3.8) is 0 Å². The molecule has 0 spiro atoms. The fraction of sp³-hybridized carbons (Fsp3) is 0.529. The molecule has 158 valence electrons. The third-order valence-corrected chi connectivity index (χ3v) is 5.18. The number of rotatable bonds is 4. The van der Waals surface area contributed by atoms with Crippen LogP contribution in [0.25, 0.3) is 11.0 Å². The first-order valence-electron chi connectivity index (χ1n) is 8.75. The van der Waals surface area contributed by atoms with Crippen molar-refractivity contribution >= 4 is 38.8 Å². The number of aromatic amines is 1. The zero-order valence-electron chi connectivity index (χ0n) is 16.0. The number of nitrogens with two attached hydrogens (primary N) is 1. The van der Waals surface area contributed by atoms with Gasteiger partial charge in [-0.1, -0.05) is 0 Å². The van der Waals surface area contributed by atoms with E-state index in [-0.39, 0.29) is 33.3 Å². The molecular weight excluding hydrogens is 450 g/mol. The van der Waals surface area contributed by atoms with Crippen LogP contribution in [0.1, 0.15) is 37.4 Å². The van der Waals surface area contributed by atoms with Crippen LogP contribution in [-0.4, -0.2) is 61.5 Å². The lowest BCUT2D eigenvalue weighted by Crippen LogP contribution is -2.36. The molecule has 1 saturated heterocycles. The van der Waals surface area contributed by atoms with Crippen molar-refractivity contribution in [1.82, 2.24) is 14.5 Å². The fourth-order valence-corrected chi connectivity index (χ4v) is 3.60. The molecule has 1 amide bonds. The number of amides is 1. The van der Waals surface area contributed by atoms with Crippen LogP contribution in [0.5, 0.6) is 0 Å². The summed E-state index contributed by atoms with van der Waals surface area (Å²) in [5.74, 6) is -1.24. The van der Waals surface area contributed by atoms with E-state index in [1.54, 1.807) is 20.8 Å². The highest BCUT2D eigenvalue weighted by Crippen LogP contribution is 2.33. The number of carbonyl (C=O) groups is 2. The number of carbonyl (C=O) groups excluding carboxylic acids is 2. The second-order valence-electron chi connectivity index (χ2n) is 7.80. The Hall–Kier alpha value is -2.28. The summed E-state index contributed by atoms with van der Waals surface area (Å²) in [6.07, 6.45) is -3.56. The van der Waals surface area contributed by atoms with Gasteiger partial charge in [0.25, 0.3) is 5.91 Å². The van der Waals surface area contributed by atoms with E-state index < -0.39 is 41.8 Å². The fourth-order valence-electron chi connectivity index (χ4n) is 3.02. The molecule has 12 heteroatoms. The molecule has 3 rings (SSSR count). The van der Waals surface area contributed by atoms with Crippen LogP contribution in [0.3, 0.4) is 0 Å². The number of aromatic nitrogens is 3. The SMILES string of the molecule is CC(C)(C)C(=O)OC[C@@H]1O[C@H](n2cnc(=N)c3c(C(N)=O)c(Br)[nH]c32)[C@H](O)[C@H]1O. The van der Waals surface area contributed by atoms with Gasteiger partial charge in [0.05, 0.1) is 21.0 Å². The van der Waals surface area contributed by atoms with Crippen LogP contribution in [0.4, 0.5) is 0 Å². The highest BCUT2D eigenvalue weighted by molar-refractivity contribution is 9.10. The molecule has 2 aromatic rings. The summed E-state index contributed by atoms with van der Waals surface area (Å²) >= 11 is 3.19. The minimum atomic E-state index is -1.38. The minimum absolute atomic E-state index is 0.0375. The first-order chi connectivity index (χ1) is 13.4. The zero-order valence-corrected chi connectivity index (χ0v) is 17.6. The third-order valence-electron chi connectivity index (χ3n) is 4.59. The molecule has 0 bridgehead atoms. The molecule has 6 N–H and O–H groups in total. The molecular formula is C17H22BrN5O6. The molecule has 0 aromatic carbocycles. The molecule has 1 aliphatic heterocycles. The van der Waals surface area contributed by atoms with Crippen LogP contribution in [0, 0.1) is 10.8 Å². The first kappa shape index (κ1) is 21.4. The Morgan fingerprint density at radius 3 is 2.66 bits per heavy atom. The lowest BCUT2D eigenvalue weighted by molar-refractivity contribution is -0.159. The smallest absolute Gasteiger partial charge is 0.311 e. The highest BCUT2D eigenvalue weighted by Gasteiger charge is 2.45. The number of esters is 1. The maximum atomic E-state index is 12.0. The van der Waals surface area contributed by atoms with Crippen molar-refractivity contribution in [2.75, 3.05) is 6.61 Å². The molecule has 0 aliphatic carbocycles. The van der Waals surface area contributed by atoms with Crippen LogP contribution in [-0.2, 0) is 14.3 Å². The van der Waals surface area contributed by atoms with Gasteiger partial charge in [0.2, 0.25) is 0 Å². The van der Waals surface area contributed by atoms with Crippen LogP contribution >= 0.6 is 15.9 Å². The summed E-state index contributed by atoms with van der Waals surface area (Å²) in [6, 6.07) is 0. The Kier molecular flexibility index (Phi) is 5.56. The normalized spacial score (nSPS) is 24.8. The first-order valence-corrected chi connectivity index (χ1v) is 9.54. The number of aliphatic hydroxyl groups is 2. The monoisotopic (exact) mass is 471 g/mol. The van der Waals surface area contributed by atoms with Gasteiger partial charge in [-0.3, -0.25) is 19.6 Å². The van der Waals surface area contributed by atoms with Gasteiger partial charge in [0.1, 0.15) is 36.9 Å². The van der Waals surface area contributed by atoms with E-state index in [1.807, 2.05) is 0 Å². The predicted molar refractivity (Wildman–Crippen MR) is 102 cm³/mol. The molecule has 0 saturated carbocycles. The maximum absolute atomic E-state index is 12.0. The molecule has 4 atom stereocenters. The van der Waals surface area contributed by atoms with Crippen molar-refractivity contribution in [1.29, 1.82) is 5.41 Å². The van der Waals surface area contributed by atoms with E-state index in [9.17, 15) is 19.8 Å². The summed E-state index contributed by atoms with van der Waals surface area (Å²) in [4.78, 5) is 30.5. The molecule has 0 unspecified atom stereocenters. The number of fused-ring (bicyclic) bond motifs is 1. The van der Waals surface area contributed by atoms with Crippen LogP contribution in [0.2, 0.25) is 0 Å². The molecule has 1 aliphatic rings. The molecule has 2 aromatic heterocycles. The van der Waals surface area contributed by atoms with Gasteiger partial charge >= 0.3 is 5.97 Å². The average molecular weight is 472 g/mol. The third kappa shape index (κ3) is 3.80. The zero-order chi connectivity index (χ0) is 21.7. The van der Waals surface area contributed by atoms with E-state index in [0.717, 1.165) is 0 Å². The standard InChI is InChI=1S/C17H22BrN5O6/c1-17(2,3)16(27)28-4-6-9(24)10(25)15(29-6)23-5-21-12(19)8-7(13(20)26)11(18)22-14(8)23/h5-6,9-10,15,19,22,24-25H,4H2,1-3H3,(H2,20,26)/t6-,9-,10+,15-/m0/s1. The van der Waals surface area contributed by atoms with E-state index >= 15 is 0 Å². The van der Waals surface area contributed by atoms with Crippen molar-refractivity contribution < 1.29 is 29.3 Å². The van der Waals surface area contributed by atoms with Crippen molar-refractivity contribution in [2.45, 2.75) is 45.3 Å². The predicted octanol–water partition coefficient (Wildman–Crippen LogP) is -0.0862. The van der Waals surface area contributed by atoms with Crippen molar-refractivity contribution in [3.8, 4) is 0 Å². The summed E-state index contributed by atoms with van der Waals surface area (Å²) in [5.41, 5.74) is 4.75. The van der Waals surface area contributed by atoms with Gasteiger partial charge in [0.15, 0.2) is 11.7 Å². The molecule has 29 heavy (non-hydrogen) atoms. The van der Waals surface area contributed by atoms with Crippen LogP contribution < -0.4 is 11.2 Å². The molecule has 0 radical (unpaired) electrons. The average Bonchev–Trinajstić information content (AvgIpc) is 3.11. The lowest BCUT2D eigenvalue weighted by Gasteiger charge is -2.20. The second-order valence-corrected chi connectivity index (χ2v) is 8.59. The quantitative estimate of drug-likeness (QED) is 0.386. The molecule has 1 fully saturated rings. The number of halogens is 1. The molecule has 3 heterocycles. The number of hydrogen-bond acceptors (Lipinski definition) is 8. The summed E-state index contributed by atoms with van der Waals surface area (Å²) in [5, 5.41) is 29.0. The van der Waals surface area contributed by atoms with Gasteiger partial charge in [-0.05, 0) is 36.7 Å². The second kappa shape index (κ2) is 7.52. The lowest BCUT2D eigenvalue weighted by atomic mass is 9.97. The number of nitrogens with zero attached hydrogens (tertiary/aromatic N) is 2. The number of aliphatic hydroxyl groups excluding tert-OH is 2. The van der Waals surface area contributed by atoms with E-state index in [2.05, 4.69) is 25.9 Å². The number of H-pyrrole nitrogens is 1. The van der Waals surface area contributed by atoms with E-state index in [1.165, 1.54) is 10.9 Å². The van der Waals surface area contributed by atoms with Gasteiger partial charge < -0.3 is 30.4 Å². The number of primary amides is 1. The minimum Gasteiger partial charge on any atom is -0.462 e. The topological polar surface area (TPSA) is 177 Å². The highest BCUT2D eigenvalue weighted by atomic mass is 79.9. The summed E-state index contributed by atoms with van der Waals surface area (Å²) < 4.78 is 12.5. The van der Waals surface area contributed by atoms with Gasteiger partial charge in [0, 0.05) is 0 Å². The molecule has 11 nitrogen and oxygen atoms in total. The maximum Gasteiger partial charge on any atom is 0.311 e. The summed E-state index contributed by atoms with van der Waals surface area (Å²) in [7, 11) is 0. The Labute approximate surface area is 173 Å². The van der Waals surface area contributed by atoms with Crippen LogP contribution in [0.15, 0.2) is 10.9 Å². The Balaban J connectivity index is 1.93. The number of nitrogens with one attached hydrogen (secondary N) is 2. The Morgan fingerprint density at radius 1 is 1.41 bits per heavy atom. The van der Waals surface area contributed by atoms with Gasteiger partial charge in [-0.15, -0.1) is 0 Å².